The molecule has 0 unspecified atom stereocenters. The van der Waals surface area contributed by atoms with E-state index in [-0.39, 0.29) is 23.4 Å². The van der Waals surface area contributed by atoms with Gasteiger partial charge in [-0.2, -0.15) is 13.2 Å². The molecule has 1 aromatic heterocycles. The normalized spacial score (nSPS) is 22.0. The van der Waals surface area contributed by atoms with Crippen molar-refractivity contribution in [2.45, 2.75) is 38.4 Å². The smallest absolute Gasteiger partial charge is 0.338 e. The molecule has 0 saturated carbocycles. The van der Waals surface area contributed by atoms with Crippen LogP contribution in [0.4, 0.5) is 13.2 Å². The molecule has 30 heavy (non-hydrogen) atoms. The highest BCUT2D eigenvalue weighted by Gasteiger charge is 2.40. The maximum absolute atomic E-state index is 13.0. The Labute approximate surface area is 175 Å². The van der Waals surface area contributed by atoms with Crippen LogP contribution in [0.2, 0.25) is 0 Å². The lowest BCUT2D eigenvalue weighted by atomic mass is 9.83. The van der Waals surface area contributed by atoms with Gasteiger partial charge in [-0.3, -0.25) is 9.59 Å². The van der Waals surface area contributed by atoms with E-state index in [4.69, 9.17) is 0 Å². The average Bonchev–Trinajstić information content (AvgIpc) is 3.17. The molecule has 2 saturated heterocycles. The molecule has 2 fully saturated rings. The molecular formula is C20H21F3N4O2S. The molecule has 160 valence electrons. The summed E-state index contributed by atoms with van der Waals surface area (Å²) in [6, 6.07) is 4.56. The first kappa shape index (κ1) is 20.8. The van der Waals surface area contributed by atoms with Gasteiger partial charge in [-0.15, -0.1) is 5.10 Å². The van der Waals surface area contributed by atoms with Crippen LogP contribution in [0, 0.1) is 12.8 Å². The van der Waals surface area contributed by atoms with Gasteiger partial charge in [-0.25, -0.2) is 0 Å². The average molecular weight is 438 g/mol. The highest BCUT2D eigenvalue weighted by Crippen LogP contribution is 2.34. The van der Waals surface area contributed by atoms with Gasteiger partial charge in [0.1, 0.15) is 4.88 Å². The van der Waals surface area contributed by atoms with E-state index in [9.17, 15) is 22.8 Å². The molecule has 10 heteroatoms. The Kier molecular flexibility index (Phi) is 5.52. The number of carbonyl (C=O) groups excluding carboxylic acids is 2. The van der Waals surface area contributed by atoms with E-state index in [2.05, 4.69) is 9.59 Å². The highest BCUT2D eigenvalue weighted by molar-refractivity contribution is 7.07. The zero-order chi connectivity index (χ0) is 21.5. The molecule has 2 aromatic rings. The summed E-state index contributed by atoms with van der Waals surface area (Å²) in [4.78, 5) is 29.9. The molecule has 1 aromatic carbocycles. The van der Waals surface area contributed by atoms with E-state index in [1.54, 1.807) is 11.8 Å². The van der Waals surface area contributed by atoms with Crippen molar-refractivity contribution >= 4 is 23.3 Å². The lowest BCUT2D eigenvalue weighted by Crippen LogP contribution is -2.56. The third kappa shape index (κ3) is 3.92. The number of nitrogens with zero attached hydrogens (tertiary/aromatic N) is 4. The minimum atomic E-state index is -4.49. The Morgan fingerprint density at radius 2 is 1.97 bits per heavy atom. The van der Waals surface area contributed by atoms with Gasteiger partial charge in [0.15, 0.2) is 0 Å². The number of amides is 2. The van der Waals surface area contributed by atoms with E-state index in [0.717, 1.165) is 36.5 Å². The van der Waals surface area contributed by atoms with Crippen LogP contribution in [-0.2, 0) is 6.18 Å². The number of benzene rings is 1. The van der Waals surface area contributed by atoms with Gasteiger partial charge in [-0.05, 0) is 61.8 Å². The monoisotopic (exact) mass is 438 g/mol. The van der Waals surface area contributed by atoms with Crippen molar-refractivity contribution in [3.63, 3.8) is 0 Å². The summed E-state index contributed by atoms with van der Waals surface area (Å²) in [5.41, 5.74) is -0.172. The van der Waals surface area contributed by atoms with Crippen molar-refractivity contribution < 1.29 is 22.8 Å². The number of hydrogen-bond donors (Lipinski definition) is 0. The molecule has 2 aliphatic heterocycles. The van der Waals surface area contributed by atoms with Gasteiger partial charge in [0.25, 0.3) is 11.8 Å². The fraction of sp³-hybridized carbons (Fsp3) is 0.500. The SMILES string of the molecule is Cc1nnsc1C(=O)N1CCC[C@@H]2CN(C(=O)c3cccc(C(F)(F)F)c3)CC[C@H]21. The molecule has 6 nitrogen and oxygen atoms in total. The van der Waals surface area contributed by atoms with Crippen LogP contribution in [0.25, 0.3) is 0 Å². The number of aromatic nitrogens is 2. The van der Waals surface area contributed by atoms with E-state index in [1.165, 1.54) is 12.1 Å². The van der Waals surface area contributed by atoms with Crippen LogP contribution in [0.15, 0.2) is 24.3 Å². The maximum atomic E-state index is 13.0. The predicted molar refractivity (Wildman–Crippen MR) is 104 cm³/mol. The Morgan fingerprint density at radius 1 is 1.17 bits per heavy atom. The fourth-order valence-corrected chi connectivity index (χ4v) is 5.02. The fourth-order valence-electron chi connectivity index (χ4n) is 4.41. The molecule has 0 spiro atoms. The number of alkyl halides is 3. The number of piperidine rings is 2. The van der Waals surface area contributed by atoms with Crippen molar-refractivity contribution in [1.29, 1.82) is 0 Å². The highest BCUT2D eigenvalue weighted by atomic mass is 32.1. The van der Waals surface area contributed by atoms with Gasteiger partial charge in [-0.1, -0.05) is 10.6 Å². The van der Waals surface area contributed by atoms with Crippen LogP contribution < -0.4 is 0 Å². The first-order valence-electron chi connectivity index (χ1n) is 9.82. The van der Waals surface area contributed by atoms with Crippen LogP contribution in [-0.4, -0.2) is 56.9 Å². The molecule has 2 aliphatic rings. The quantitative estimate of drug-likeness (QED) is 0.718. The molecule has 0 bridgehead atoms. The summed E-state index contributed by atoms with van der Waals surface area (Å²) in [6.07, 6.45) is -2.19. The first-order chi connectivity index (χ1) is 14.3. The van der Waals surface area contributed by atoms with Crippen molar-refractivity contribution in [2.75, 3.05) is 19.6 Å². The molecule has 2 amide bonds. The second-order valence-electron chi connectivity index (χ2n) is 7.77. The Bertz CT molecular complexity index is 962. The number of aryl methyl sites for hydroxylation is 1. The number of rotatable bonds is 2. The van der Waals surface area contributed by atoms with Crippen molar-refractivity contribution in [3.05, 3.63) is 46.0 Å². The second-order valence-corrected chi connectivity index (χ2v) is 8.53. The van der Waals surface area contributed by atoms with Gasteiger partial charge in [0.05, 0.1) is 11.3 Å². The molecule has 0 aliphatic carbocycles. The molecule has 0 radical (unpaired) electrons. The molecule has 4 rings (SSSR count). The maximum Gasteiger partial charge on any atom is 0.416 e. The minimum absolute atomic E-state index is 0.0123. The zero-order valence-electron chi connectivity index (χ0n) is 16.4. The Hall–Kier alpha value is -2.49. The number of likely N-dealkylation sites (tertiary alicyclic amines) is 2. The summed E-state index contributed by atoms with van der Waals surface area (Å²) >= 11 is 1.09. The van der Waals surface area contributed by atoms with E-state index in [0.29, 0.717) is 36.6 Å². The largest absolute Gasteiger partial charge is 0.416 e. The number of carbonyl (C=O) groups is 2. The van der Waals surface area contributed by atoms with Gasteiger partial charge in [0, 0.05) is 31.2 Å². The standard InChI is InChI=1S/C20H21F3N4O2S/c1-12-17(30-25-24-12)19(29)27-8-3-5-14-11-26(9-7-16(14)27)18(28)13-4-2-6-15(10-13)20(21,22)23/h2,4,6,10,14,16H,3,5,7-9,11H2,1H3/t14-,16-/m1/s1. The molecule has 3 heterocycles. The predicted octanol–water partition coefficient (Wildman–Crippen LogP) is 3.63. The van der Waals surface area contributed by atoms with Gasteiger partial charge in [0.2, 0.25) is 0 Å². The summed E-state index contributed by atoms with van der Waals surface area (Å²) in [6.45, 7) is 3.25. The molecule has 0 N–H and O–H groups in total. The van der Waals surface area contributed by atoms with Crippen LogP contribution in [0.5, 0.6) is 0 Å². The summed E-state index contributed by atoms with van der Waals surface area (Å²) in [7, 11) is 0. The van der Waals surface area contributed by atoms with E-state index < -0.39 is 17.6 Å². The summed E-state index contributed by atoms with van der Waals surface area (Å²) in [5.74, 6) is -0.368. The zero-order valence-corrected chi connectivity index (χ0v) is 17.2. The number of fused-ring (bicyclic) bond motifs is 1. The Morgan fingerprint density at radius 3 is 2.67 bits per heavy atom. The summed E-state index contributed by atoms with van der Waals surface area (Å²) in [5, 5.41) is 3.92. The van der Waals surface area contributed by atoms with Crippen molar-refractivity contribution in [2.24, 2.45) is 5.92 Å². The van der Waals surface area contributed by atoms with Gasteiger partial charge < -0.3 is 9.80 Å². The molecule has 2 atom stereocenters. The lowest BCUT2D eigenvalue weighted by Gasteiger charge is -2.47. The number of halogens is 3. The second kappa shape index (κ2) is 7.98. The van der Waals surface area contributed by atoms with E-state index >= 15 is 0 Å². The number of hydrogen-bond acceptors (Lipinski definition) is 5. The van der Waals surface area contributed by atoms with E-state index in [1.807, 2.05) is 4.90 Å². The van der Waals surface area contributed by atoms with Crippen molar-refractivity contribution in [3.8, 4) is 0 Å². The third-order valence-electron chi connectivity index (χ3n) is 5.90. The topological polar surface area (TPSA) is 66.4 Å². The first-order valence-corrected chi connectivity index (χ1v) is 10.6. The molecular weight excluding hydrogens is 417 g/mol. The Balaban J connectivity index is 1.48. The lowest BCUT2D eigenvalue weighted by molar-refractivity contribution is -0.137. The van der Waals surface area contributed by atoms with Crippen LogP contribution in [0.1, 0.15) is 50.5 Å². The van der Waals surface area contributed by atoms with Crippen molar-refractivity contribution in [1.82, 2.24) is 19.4 Å². The minimum Gasteiger partial charge on any atom is -0.338 e. The van der Waals surface area contributed by atoms with Crippen LogP contribution in [0.3, 0.4) is 0 Å². The summed E-state index contributed by atoms with van der Waals surface area (Å²) < 4.78 is 42.8. The van der Waals surface area contributed by atoms with Gasteiger partial charge >= 0.3 is 6.18 Å². The third-order valence-corrected chi connectivity index (χ3v) is 6.71. The van der Waals surface area contributed by atoms with Crippen LogP contribution >= 0.6 is 11.5 Å².